The summed E-state index contributed by atoms with van der Waals surface area (Å²) in [6, 6.07) is 3.87. The third-order valence-electron chi connectivity index (χ3n) is 5.68. The number of rotatable bonds is 8. The van der Waals surface area contributed by atoms with Crippen LogP contribution < -0.4 is 21.3 Å². The standard InChI is InChI=1S/C24H25F2N5O4S/c1-13(2)6-8-35-21-15(25)9-14(10-16(21)26)17-12-36-23(27-17)28-19(32)11-31-7-5-18-20(31)22(33)30(4)24(34)29(18)3/h5,7,9-10,12-13H,6,8,11H2,1-4H3,(H,27,28,32). The number of nitrogens with one attached hydrogen (secondary N) is 1. The Morgan fingerprint density at radius 1 is 1.17 bits per heavy atom. The summed E-state index contributed by atoms with van der Waals surface area (Å²) >= 11 is 1.09. The molecule has 190 valence electrons. The molecule has 0 bridgehead atoms. The SMILES string of the molecule is CC(C)CCOc1c(F)cc(-c2csc(NC(=O)Cn3ccc4c3c(=O)n(C)c(=O)n4C)n2)cc1F. The van der Waals surface area contributed by atoms with E-state index in [-0.39, 0.29) is 35.1 Å². The number of carbonyl (C=O) groups excluding carboxylic acids is 1. The lowest BCUT2D eigenvalue weighted by Crippen LogP contribution is -2.37. The van der Waals surface area contributed by atoms with Crippen molar-refractivity contribution < 1.29 is 18.3 Å². The zero-order chi connectivity index (χ0) is 26.1. The Kier molecular flexibility index (Phi) is 7.07. The van der Waals surface area contributed by atoms with E-state index in [1.54, 1.807) is 24.7 Å². The van der Waals surface area contributed by atoms with Gasteiger partial charge in [0.05, 0.1) is 17.8 Å². The first-order valence-electron chi connectivity index (χ1n) is 11.2. The van der Waals surface area contributed by atoms with Gasteiger partial charge in [-0.05, 0) is 30.5 Å². The van der Waals surface area contributed by atoms with Gasteiger partial charge in [0.1, 0.15) is 12.1 Å². The maximum absolute atomic E-state index is 14.5. The van der Waals surface area contributed by atoms with Crippen molar-refractivity contribution in [1.29, 1.82) is 0 Å². The summed E-state index contributed by atoms with van der Waals surface area (Å²) in [6.07, 6.45) is 2.22. The predicted octanol–water partition coefficient (Wildman–Crippen LogP) is 3.50. The second kappa shape index (κ2) is 10.1. The van der Waals surface area contributed by atoms with Crippen molar-refractivity contribution >= 4 is 33.4 Å². The van der Waals surface area contributed by atoms with Gasteiger partial charge in [-0.1, -0.05) is 13.8 Å². The average Bonchev–Trinajstić information content (AvgIpc) is 3.45. The zero-order valence-electron chi connectivity index (χ0n) is 20.2. The summed E-state index contributed by atoms with van der Waals surface area (Å²) < 4.78 is 38.0. The predicted molar refractivity (Wildman–Crippen MR) is 133 cm³/mol. The van der Waals surface area contributed by atoms with Gasteiger partial charge in [-0.2, -0.15) is 0 Å². The summed E-state index contributed by atoms with van der Waals surface area (Å²) in [5.74, 6) is -2.21. The van der Waals surface area contributed by atoms with Crippen molar-refractivity contribution in [2.45, 2.75) is 26.8 Å². The van der Waals surface area contributed by atoms with E-state index in [9.17, 15) is 23.2 Å². The number of halogens is 2. The molecule has 0 saturated heterocycles. The number of anilines is 1. The molecule has 0 aliphatic carbocycles. The van der Waals surface area contributed by atoms with Gasteiger partial charge < -0.3 is 14.6 Å². The third kappa shape index (κ3) is 4.94. The third-order valence-corrected chi connectivity index (χ3v) is 6.44. The van der Waals surface area contributed by atoms with Crippen LogP contribution in [0.4, 0.5) is 13.9 Å². The minimum atomic E-state index is -0.831. The summed E-state index contributed by atoms with van der Waals surface area (Å²) in [5.41, 5.74) is 0.149. The topological polar surface area (TPSA) is 100 Å². The average molecular weight is 518 g/mol. The van der Waals surface area contributed by atoms with Crippen LogP contribution in [0.15, 0.2) is 39.4 Å². The fourth-order valence-corrected chi connectivity index (χ4v) is 4.43. The molecule has 3 heterocycles. The van der Waals surface area contributed by atoms with E-state index >= 15 is 0 Å². The Hall–Kier alpha value is -3.80. The van der Waals surface area contributed by atoms with Crippen molar-refractivity contribution in [3.05, 3.63) is 62.2 Å². The Balaban J connectivity index is 1.49. The molecular formula is C24H25F2N5O4S. The first kappa shape index (κ1) is 25.3. The monoisotopic (exact) mass is 517 g/mol. The van der Waals surface area contributed by atoms with E-state index in [4.69, 9.17) is 4.74 Å². The molecule has 36 heavy (non-hydrogen) atoms. The van der Waals surface area contributed by atoms with Crippen molar-refractivity contribution in [2.24, 2.45) is 20.0 Å². The number of amides is 1. The first-order chi connectivity index (χ1) is 17.1. The van der Waals surface area contributed by atoms with Gasteiger partial charge in [0, 0.05) is 31.2 Å². The number of thiazole rings is 1. The number of carbonyl (C=O) groups is 1. The molecule has 0 unspecified atom stereocenters. The highest BCUT2D eigenvalue weighted by atomic mass is 32.1. The zero-order valence-corrected chi connectivity index (χ0v) is 21.0. The number of ether oxygens (including phenoxy) is 1. The molecule has 9 nitrogen and oxygen atoms in total. The van der Waals surface area contributed by atoms with Crippen molar-refractivity contribution in [3.8, 4) is 17.0 Å². The summed E-state index contributed by atoms with van der Waals surface area (Å²) in [4.78, 5) is 41.6. The minimum absolute atomic E-state index is 0.197. The van der Waals surface area contributed by atoms with Crippen LogP contribution >= 0.6 is 11.3 Å². The van der Waals surface area contributed by atoms with Gasteiger partial charge in [-0.25, -0.2) is 18.6 Å². The van der Waals surface area contributed by atoms with Crippen molar-refractivity contribution in [3.63, 3.8) is 0 Å². The van der Waals surface area contributed by atoms with Gasteiger partial charge in [0.25, 0.3) is 5.56 Å². The van der Waals surface area contributed by atoms with Gasteiger partial charge >= 0.3 is 5.69 Å². The van der Waals surface area contributed by atoms with Gasteiger partial charge in [0.15, 0.2) is 22.5 Å². The number of nitrogens with zero attached hydrogens (tertiary/aromatic N) is 4. The Morgan fingerprint density at radius 2 is 1.86 bits per heavy atom. The Morgan fingerprint density at radius 3 is 2.53 bits per heavy atom. The normalized spacial score (nSPS) is 11.4. The second-order valence-electron chi connectivity index (χ2n) is 8.77. The van der Waals surface area contributed by atoms with Crippen LogP contribution in [-0.2, 0) is 25.4 Å². The van der Waals surface area contributed by atoms with Gasteiger partial charge in [0.2, 0.25) is 5.91 Å². The van der Waals surface area contributed by atoms with Crippen LogP contribution in [0, 0.1) is 17.6 Å². The molecular weight excluding hydrogens is 492 g/mol. The number of fused-ring (bicyclic) bond motifs is 1. The number of aryl methyl sites for hydroxylation is 1. The van der Waals surface area contributed by atoms with Gasteiger partial charge in [-0.15, -0.1) is 11.3 Å². The quantitative estimate of drug-likeness (QED) is 0.386. The molecule has 1 N–H and O–H groups in total. The van der Waals surface area contributed by atoms with Crippen LogP contribution in [0.5, 0.6) is 5.75 Å². The molecule has 12 heteroatoms. The van der Waals surface area contributed by atoms with E-state index in [1.165, 1.54) is 16.2 Å². The largest absolute Gasteiger partial charge is 0.488 e. The first-order valence-corrected chi connectivity index (χ1v) is 12.1. The number of hydrogen-bond acceptors (Lipinski definition) is 6. The summed E-state index contributed by atoms with van der Waals surface area (Å²) in [5, 5.41) is 4.43. The lowest BCUT2D eigenvalue weighted by molar-refractivity contribution is -0.116. The molecule has 0 aliphatic rings. The summed E-state index contributed by atoms with van der Waals surface area (Å²) in [7, 11) is 2.91. The minimum Gasteiger partial charge on any atom is -0.488 e. The highest BCUT2D eigenvalue weighted by Crippen LogP contribution is 2.31. The number of hydrogen-bond donors (Lipinski definition) is 1. The van der Waals surface area contributed by atoms with E-state index in [0.717, 1.165) is 28.0 Å². The molecule has 0 atom stereocenters. The molecule has 0 saturated carbocycles. The molecule has 3 aromatic heterocycles. The maximum atomic E-state index is 14.5. The van der Waals surface area contributed by atoms with E-state index in [2.05, 4.69) is 10.3 Å². The van der Waals surface area contributed by atoms with E-state index in [0.29, 0.717) is 17.9 Å². The molecule has 0 fully saturated rings. The number of benzene rings is 1. The van der Waals surface area contributed by atoms with Crippen LogP contribution in [0.25, 0.3) is 22.3 Å². The molecule has 0 aliphatic heterocycles. The molecule has 0 radical (unpaired) electrons. The van der Waals surface area contributed by atoms with Crippen LogP contribution in [-0.4, -0.2) is 31.2 Å². The maximum Gasteiger partial charge on any atom is 0.331 e. The van der Waals surface area contributed by atoms with Crippen LogP contribution in [0.1, 0.15) is 20.3 Å². The van der Waals surface area contributed by atoms with Crippen molar-refractivity contribution in [1.82, 2.24) is 18.7 Å². The fourth-order valence-electron chi connectivity index (χ4n) is 3.69. The Labute approximate surface area is 208 Å². The van der Waals surface area contributed by atoms with Gasteiger partial charge in [-0.3, -0.25) is 18.7 Å². The number of aromatic nitrogens is 4. The Bertz CT molecular complexity index is 1540. The summed E-state index contributed by atoms with van der Waals surface area (Å²) in [6.45, 7) is 3.99. The fraction of sp³-hybridized carbons (Fsp3) is 0.333. The van der Waals surface area contributed by atoms with Crippen molar-refractivity contribution in [2.75, 3.05) is 11.9 Å². The highest BCUT2D eigenvalue weighted by molar-refractivity contribution is 7.14. The molecule has 0 spiro atoms. The lowest BCUT2D eigenvalue weighted by Gasteiger charge is -2.10. The second-order valence-corrected chi connectivity index (χ2v) is 9.63. The lowest BCUT2D eigenvalue weighted by atomic mass is 10.1. The van der Waals surface area contributed by atoms with Crippen LogP contribution in [0.3, 0.4) is 0 Å². The van der Waals surface area contributed by atoms with Crippen LogP contribution in [0.2, 0.25) is 0 Å². The molecule has 1 amide bonds. The molecule has 4 rings (SSSR count). The highest BCUT2D eigenvalue weighted by Gasteiger charge is 2.18. The van der Waals surface area contributed by atoms with E-state index in [1.807, 2.05) is 13.8 Å². The molecule has 4 aromatic rings. The smallest absolute Gasteiger partial charge is 0.331 e. The van der Waals surface area contributed by atoms with E-state index < -0.39 is 34.5 Å². The molecule has 1 aromatic carbocycles.